The van der Waals surface area contributed by atoms with Crippen LogP contribution >= 0.6 is 11.8 Å². The van der Waals surface area contributed by atoms with Crippen LogP contribution in [-0.2, 0) is 12.8 Å². The maximum atomic E-state index is 5.90. The zero-order valence-electron chi connectivity index (χ0n) is 12.3. The van der Waals surface area contributed by atoms with Crippen molar-refractivity contribution in [3.63, 3.8) is 0 Å². The Hall–Kier alpha value is -1.68. The number of hydrogen-bond donors (Lipinski definition) is 1. The highest BCUT2D eigenvalue weighted by molar-refractivity contribution is 7.99. The number of nitrogens with two attached hydrogens (primary N) is 1. The molecule has 0 aliphatic heterocycles. The molecule has 1 aliphatic carbocycles. The Labute approximate surface area is 129 Å². The maximum Gasteiger partial charge on any atom is 0.238 e. The number of aromatic nitrogens is 1. The van der Waals surface area contributed by atoms with Crippen LogP contribution in [0.1, 0.15) is 30.9 Å². The van der Waals surface area contributed by atoms with Crippen molar-refractivity contribution in [1.82, 2.24) is 4.98 Å². The Morgan fingerprint density at radius 1 is 1.19 bits per heavy atom. The highest BCUT2D eigenvalue weighted by atomic mass is 32.2. The first-order valence-electron chi connectivity index (χ1n) is 7.45. The summed E-state index contributed by atoms with van der Waals surface area (Å²) in [5.74, 6) is 0.544. The van der Waals surface area contributed by atoms with E-state index in [0.29, 0.717) is 18.2 Å². The molecule has 110 valence electrons. The van der Waals surface area contributed by atoms with Crippen molar-refractivity contribution in [1.29, 1.82) is 0 Å². The van der Waals surface area contributed by atoms with Crippen molar-refractivity contribution in [2.45, 2.75) is 42.5 Å². The predicted molar refractivity (Wildman–Crippen MR) is 87.0 cm³/mol. The number of nitrogen functional groups attached to an aromatic ring is 1. The van der Waals surface area contributed by atoms with Gasteiger partial charge in [-0.3, -0.25) is 0 Å². The molecule has 2 aromatic rings. The summed E-state index contributed by atoms with van der Waals surface area (Å²) in [6.07, 6.45) is 4.64. The summed E-state index contributed by atoms with van der Waals surface area (Å²) in [6.45, 7) is 2.71. The third-order valence-corrected chi connectivity index (χ3v) is 4.53. The average molecular weight is 300 g/mol. The van der Waals surface area contributed by atoms with Gasteiger partial charge in [0.05, 0.1) is 12.3 Å². The summed E-state index contributed by atoms with van der Waals surface area (Å²) in [6, 6.07) is 10.5. The molecule has 0 amide bonds. The van der Waals surface area contributed by atoms with Gasteiger partial charge in [0.2, 0.25) is 5.88 Å². The molecule has 0 radical (unpaired) electrons. The summed E-state index contributed by atoms with van der Waals surface area (Å²) >= 11 is 1.66. The van der Waals surface area contributed by atoms with E-state index in [4.69, 9.17) is 10.5 Å². The second kappa shape index (κ2) is 6.39. The van der Waals surface area contributed by atoms with Gasteiger partial charge in [-0.25, -0.2) is 4.98 Å². The average Bonchev–Trinajstić information content (AvgIpc) is 2.95. The molecule has 0 saturated heterocycles. The van der Waals surface area contributed by atoms with Crippen LogP contribution < -0.4 is 10.5 Å². The van der Waals surface area contributed by atoms with Gasteiger partial charge in [-0.1, -0.05) is 24.8 Å². The zero-order chi connectivity index (χ0) is 14.7. The van der Waals surface area contributed by atoms with Crippen LogP contribution in [0.3, 0.4) is 0 Å². The van der Waals surface area contributed by atoms with E-state index in [9.17, 15) is 0 Å². The molecule has 3 rings (SSSR count). The van der Waals surface area contributed by atoms with Gasteiger partial charge in [-0.15, -0.1) is 0 Å². The fraction of sp³-hybridized carbons (Fsp3) is 0.353. The molecule has 1 aromatic heterocycles. The fourth-order valence-corrected chi connectivity index (χ4v) is 3.38. The minimum Gasteiger partial charge on any atom is -0.476 e. The monoisotopic (exact) mass is 300 g/mol. The van der Waals surface area contributed by atoms with Crippen molar-refractivity contribution in [3.05, 3.63) is 41.5 Å². The lowest BCUT2D eigenvalue weighted by Crippen LogP contribution is -2.01. The van der Waals surface area contributed by atoms with Gasteiger partial charge >= 0.3 is 0 Å². The summed E-state index contributed by atoms with van der Waals surface area (Å²) in [4.78, 5) is 5.75. The number of rotatable bonds is 5. The number of benzene rings is 1. The van der Waals surface area contributed by atoms with Crippen LogP contribution in [0.2, 0.25) is 0 Å². The number of anilines is 1. The number of ether oxygens (including phenoxy) is 1. The largest absolute Gasteiger partial charge is 0.476 e. The third kappa shape index (κ3) is 3.32. The van der Waals surface area contributed by atoms with E-state index in [1.165, 1.54) is 35.3 Å². The lowest BCUT2D eigenvalue weighted by molar-refractivity contribution is 0.305. The van der Waals surface area contributed by atoms with Gasteiger partial charge in [-0.2, -0.15) is 0 Å². The van der Waals surface area contributed by atoms with Crippen LogP contribution in [0, 0.1) is 0 Å². The first kappa shape index (κ1) is 14.3. The van der Waals surface area contributed by atoms with Gasteiger partial charge < -0.3 is 10.5 Å². The van der Waals surface area contributed by atoms with Crippen LogP contribution in [0.15, 0.2) is 40.3 Å². The summed E-state index contributed by atoms with van der Waals surface area (Å²) in [7, 11) is 0. The van der Waals surface area contributed by atoms with Gasteiger partial charge in [0, 0.05) is 4.90 Å². The van der Waals surface area contributed by atoms with E-state index in [1.54, 1.807) is 11.8 Å². The molecule has 0 bridgehead atoms. The molecular formula is C17H20N2OS. The van der Waals surface area contributed by atoms with Gasteiger partial charge in [0.15, 0.2) is 0 Å². The Bertz CT molecular complexity index is 643. The van der Waals surface area contributed by atoms with Crippen molar-refractivity contribution in [3.8, 4) is 5.88 Å². The second-order valence-electron chi connectivity index (χ2n) is 5.28. The van der Waals surface area contributed by atoms with E-state index in [1.807, 2.05) is 12.1 Å². The lowest BCUT2D eigenvalue weighted by atomic mass is 10.1. The second-order valence-corrected chi connectivity index (χ2v) is 6.37. The van der Waals surface area contributed by atoms with Crippen LogP contribution in [0.5, 0.6) is 5.88 Å². The van der Waals surface area contributed by atoms with Gasteiger partial charge in [-0.05, 0) is 61.1 Å². The number of hydrogen-bond acceptors (Lipinski definition) is 4. The summed E-state index contributed by atoms with van der Waals surface area (Å²) < 4.78 is 5.59. The quantitative estimate of drug-likeness (QED) is 0.903. The highest BCUT2D eigenvalue weighted by Gasteiger charge is 2.12. The Morgan fingerprint density at radius 2 is 2.05 bits per heavy atom. The van der Waals surface area contributed by atoms with Gasteiger partial charge in [0.25, 0.3) is 0 Å². The molecule has 0 atom stereocenters. The molecule has 2 N–H and O–H groups in total. The lowest BCUT2D eigenvalue weighted by Gasteiger charge is -2.09. The van der Waals surface area contributed by atoms with E-state index in [2.05, 4.69) is 30.1 Å². The molecule has 0 unspecified atom stereocenters. The molecule has 0 saturated carbocycles. The first-order valence-corrected chi connectivity index (χ1v) is 8.27. The number of pyridine rings is 1. The van der Waals surface area contributed by atoms with Crippen molar-refractivity contribution in [2.75, 3.05) is 12.3 Å². The minimum absolute atomic E-state index is 0.544. The topological polar surface area (TPSA) is 48.1 Å². The molecule has 4 heteroatoms. The Kier molecular flexibility index (Phi) is 4.34. The SMILES string of the molecule is CCCOc1nc(Sc2ccc3c(c2)CCC3)ccc1N. The third-order valence-electron chi connectivity index (χ3n) is 3.60. The standard InChI is InChI=1S/C17H20N2OS/c1-2-10-20-17-15(18)8-9-16(19-17)21-14-7-6-12-4-3-5-13(12)11-14/h6-9,11H,2-5,10,18H2,1H3. The molecule has 0 fully saturated rings. The van der Waals surface area contributed by atoms with Crippen molar-refractivity contribution >= 4 is 17.4 Å². The summed E-state index contributed by atoms with van der Waals surface area (Å²) in [5, 5.41) is 0.924. The molecule has 1 aromatic carbocycles. The molecule has 1 aliphatic rings. The number of fused-ring (bicyclic) bond motifs is 1. The van der Waals surface area contributed by atoms with Crippen LogP contribution in [0.4, 0.5) is 5.69 Å². The Morgan fingerprint density at radius 3 is 2.90 bits per heavy atom. The molecule has 3 nitrogen and oxygen atoms in total. The van der Waals surface area contributed by atoms with Gasteiger partial charge in [0.1, 0.15) is 5.03 Å². The normalized spacial score (nSPS) is 13.2. The summed E-state index contributed by atoms with van der Waals surface area (Å²) in [5.41, 5.74) is 9.48. The minimum atomic E-state index is 0.544. The van der Waals surface area contributed by atoms with Crippen molar-refractivity contribution < 1.29 is 4.74 Å². The molecular weight excluding hydrogens is 280 g/mol. The highest BCUT2D eigenvalue weighted by Crippen LogP contribution is 2.33. The van der Waals surface area contributed by atoms with E-state index >= 15 is 0 Å². The first-order chi connectivity index (χ1) is 10.3. The zero-order valence-corrected chi connectivity index (χ0v) is 13.1. The molecule has 0 spiro atoms. The maximum absolute atomic E-state index is 5.90. The number of nitrogens with zero attached hydrogens (tertiary/aromatic N) is 1. The smallest absolute Gasteiger partial charge is 0.238 e. The van der Waals surface area contributed by atoms with Crippen LogP contribution in [0.25, 0.3) is 0 Å². The van der Waals surface area contributed by atoms with E-state index < -0.39 is 0 Å². The Balaban J connectivity index is 1.78. The van der Waals surface area contributed by atoms with E-state index in [-0.39, 0.29) is 0 Å². The van der Waals surface area contributed by atoms with E-state index in [0.717, 1.165) is 11.4 Å². The van der Waals surface area contributed by atoms with Crippen LogP contribution in [-0.4, -0.2) is 11.6 Å². The fourth-order valence-electron chi connectivity index (χ4n) is 2.54. The molecule has 1 heterocycles. The van der Waals surface area contributed by atoms with Crippen molar-refractivity contribution in [2.24, 2.45) is 0 Å². The predicted octanol–water partition coefficient (Wildman–Crippen LogP) is 4.09. The number of aryl methyl sites for hydroxylation is 2. The molecule has 21 heavy (non-hydrogen) atoms.